The van der Waals surface area contributed by atoms with Crippen LogP contribution in [0, 0.1) is 0 Å². The number of ether oxygens (including phenoxy) is 1. The van der Waals surface area contributed by atoms with E-state index in [0.717, 1.165) is 10.5 Å². The van der Waals surface area contributed by atoms with Crippen LogP contribution in [0.3, 0.4) is 0 Å². The fraction of sp³-hybridized carbons (Fsp3) is 0.174. The van der Waals surface area contributed by atoms with Crippen LogP contribution in [0.15, 0.2) is 82.6 Å². The van der Waals surface area contributed by atoms with E-state index in [-0.39, 0.29) is 34.2 Å². The molecule has 0 aromatic heterocycles. The Balaban J connectivity index is 1.58. The molecule has 0 aliphatic heterocycles. The molecule has 0 aliphatic carbocycles. The predicted molar refractivity (Wildman–Crippen MR) is 129 cm³/mol. The standard InChI is InChI=1S/C23H23ClN2O4S2/c1-16(17-8-10-19(31-2)11-9-17)25-23(27)15-30-22-13-12-20(14-21(22)24)32(28,29)26-18-6-4-3-5-7-18/h3-14,16,26H,15H2,1-2H3,(H,25,27). The third-order valence-electron chi connectivity index (χ3n) is 4.59. The highest BCUT2D eigenvalue weighted by Gasteiger charge is 2.17. The van der Waals surface area contributed by atoms with Gasteiger partial charge in [-0.1, -0.05) is 41.9 Å². The molecule has 168 valence electrons. The van der Waals surface area contributed by atoms with E-state index in [9.17, 15) is 13.2 Å². The van der Waals surface area contributed by atoms with E-state index in [0.29, 0.717) is 5.69 Å². The molecule has 3 rings (SSSR count). The second-order valence-electron chi connectivity index (χ2n) is 6.91. The SMILES string of the molecule is CSc1ccc(C(C)NC(=O)COc2ccc(S(=O)(=O)Nc3ccccc3)cc2Cl)cc1. The molecule has 0 saturated carbocycles. The summed E-state index contributed by atoms with van der Waals surface area (Å²) in [5.74, 6) is -0.0950. The van der Waals surface area contributed by atoms with Crippen LogP contribution in [0.1, 0.15) is 18.5 Å². The molecule has 0 radical (unpaired) electrons. The lowest BCUT2D eigenvalue weighted by Gasteiger charge is -2.16. The Labute approximate surface area is 197 Å². The predicted octanol–water partition coefficient (Wildman–Crippen LogP) is 5.12. The van der Waals surface area contributed by atoms with Gasteiger partial charge in [0.25, 0.3) is 15.9 Å². The first-order chi connectivity index (χ1) is 15.3. The molecular formula is C23H23ClN2O4S2. The first-order valence-electron chi connectivity index (χ1n) is 9.72. The van der Waals surface area contributed by atoms with E-state index in [2.05, 4.69) is 10.0 Å². The fourth-order valence-corrected chi connectivity index (χ4v) is 4.68. The van der Waals surface area contributed by atoms with Crippen molar-refractivity contribution in [1.82, 2.24) is 5.32 Å². The van der Waals surface area contributed by atoms with Gasteiger partial charge in [-0.25, -0.2) is 8.42 Å². The molecule has 1 atom stereocenters. The Morgan fingerprint density at radius 2 is 1.75 bits per heavy atom. The van der Waals surface area contributed by atoms with Crippen LogP contribution in [0.4, 0.5) is 5.69 Å². The van der Waals surface area contributed by atoms with Crippen molar-refractivity contribution in [3.05, 3.63) is 83.4 Å². The van der Waals surface area contributed by atoms with Crippen molar-refractivity contribution in [1.29, 1.82) is 0 Å². The Hall–Kier alpha value is -2.68. The quantitative estimate of drug-likeness (QED) is 0.407. The fourth-order valence-electron chi connectivity index (χ4n) is 2.89. The third-order valence-corrected chi connectivity index (χ3v) is 7.01. The van der Waals surface area contributed by atoms with E-state index in [1.165, 1.54) is 18.2 Å². The molecule has 32 heavy (non-hydrogen) atoms. The summed E-state index contributed by atoms with van der Waals surface area (Å²) in [6.07, 6.45) is 2.00. The summed E-state index contributed by atoms with van der Waals surface area (Å²) in [6.45, 7) is 1.64. The maximum atomic E-state index is 12.6. The average molecular weight is 491 g/mol. The van der Waals surface area contributed by atoms with Gasteiger partial charge in [0.15, 0.2) is 6.61 Å². The number of nitrogens with one attached hydrogen (secondary N) is 2. The number of anilines is 1. The van der Waals surface area contributed by atoms with Crippen LogP contribution in [0.5, 0.6) is 5.75 Å². The van der Waals surface area contributed by atoms with Crippen molar-refractivity contribution in [2.24, 2.45) is 0 Å². The van der Waals surface area contributed by atoms with Gasteiger partial charge in [0, 0.05) is 10.6 Å². The van der Waals surface area contributed by atoms with E-state index >= 15 is 0 Å². The molecule has 0 aliphatic rings. The number of thioether (sulfide) groups is 1. The average Bonchev–Trinajstić information content (AvgIpc) is 2.78. The molecule has 3 aromatic rings. The van der Waals surface area contributed by atoms with Gasteiger partial charge in [0.2, 0.25) is 0 Å². The number of carbonyl (C=O) groups is 1. The number of sulfonamides is 1. The summed E-state index contributed by atoms with van der Waals surface area (Å²) < 4.78 is 33.1. The van der Waals surface area contributed by atoms with Crippen LogP contribution >= 0.6 is 23.4 Å². The zero-order valence-electron chi connectivity index (χ0n) is 17.5. The lowest BCUT2D eigenvalue weighted by atomic mass is 10.1. The van der Waals surface area contributed by atoms with Gasteiger partial charge in [0.05, 0.1) is 16.0 Å². The summed E-state index contributed by atoms with van der Waals surface area (Å²) in [6, 6.07) is 20.4. The first-order valence-corrected chi connectivity index (χ1v) is 12.8. The van der Waals surface area contributed by atoms with Crippen LogP contribution in [0.2, 0.25) is 5.02 Å². The van der Waals surface area contributed by atoms with Gasteiger partial charge >= 0.3 is 0 Å². The zero-order chi connectivity index (χ0) is 23.1. The van der Waals surface area contributed by atoms with E-state index in [1.54, 1.807) is 42.1 Å². The van der Waals surface area contributed by atoms with Crippen molar-refractivity contribution in [2.45, 2.75) is 22.8 Å². The van der Waals surface area contributed by atoms with Crippen molar-refractivity contribution < 1.29 is 17.9 Å². The molecule has 0 bridgehead atoms. The second-order valence-corrected chi connectivity index (χ2v) is 9.88. The van der Waals surface area contributed by atoms with Gasteiger partial charge in [-0.2, -0.15) is 0 Å². The smallest absolute Gasteiger partial charge is 0.261 e. The third kappa shape index (κ3) is 6.41. The summed E-state index contributed by atoms with van der Waals surface area (Å²) >= 11 is 7.85. The van der Waals surface area contributed by atoms with Gasteiger partial charge in [-0.05, 0) is 61.2 Å². The number of amides is 1. The molecule has 0 heterocycles. The summed E-state index contributed by atoms with van der Waals surface area (Å²) in [5, 5.41) is 2.96. The van der Waals surface area contributed by atoms with Crippen molar-refractivity contribution in [2.75, 3.05) is 17.6 Å². The summed E-state index contributed by atoms with van der Waals surface area (Å²) in [7, 11) is -3.81. The van der Waals surface area contributed by atoms with Gasteiger partial charge in [-0.3, -0.25) is 9.52 Å². The van der Waals surface area contributed by atoms with E-state index < -0.39 is 10.0 Å². The highest BCUT2D eigenvalue weighted by atomic mass is 35.5. The second kappa shape index (κ2) is 10.8. The Kier molecular flexibility index (Phi) is 8.06. The monoisotopic (exact) mass is 490 g/mol. The lowest BCUT2D eigenvalue weighted by Crippen LogP contribution is -2.31. The van der Waals surface area contributed by atoms with Crippen molar-refractivity contribution in [3.63, 3.8) is 0 Å². The number of rotatable bonds is 9. The minimum absolute atomic E-state index is 0.00883. The Bertz CT molecular complexity index is 1170. The lowest BCUT2D eigenvalue weighted by molar-refractivity contribution is -0.123. The van der Waals surface area contributed by atoms with Crippen LogP contribution < -0.4 is 14.8 Å². The highest BCUT2D eigenvalue weighted by Crippen LogP contribution is 2.28. The number of benzene rings is 3. The topological polar surface area (TPSA) is 84.5 Å². The maximum Gasteiger partial charge on any atom is 0.261 e. The molecule has 2 N–H and O–H groups in total. The summed E-state index contributed by atoms with van der Waals surface area (Å²) in [4.78, 5) is 13.4. The summed E-state index contributed by atoms with van der Waals surface area (Å²) in [5.41, 5.74) is 1.42. The van der Waals surface area contributed by atoms with Gasteiger partial charge < -0.3 is 10.1 Å². The van der Waals surface area contributed by atoms with Crippen LogP contribution in [0.25, 0.3) is 0 Å². The molecular weight excluding hydrogens is 468 g/mol. The minimum Gasteiger partial charge on any atom is -0.482 e. The molecule has 0 fully saturated rings. The van der Waals surface area contributed by atoms with Gasteiger partial charge in [0.1, 0.15) is 5.75 Å². The zero-order valence-corrected chi connectivity index (χ0v) is 19.9. The number of carbonyl (C=O) groups excluding carboxylic acids is 1. The molecule has 0 spiro atoms. The largest absolute Gasteiger partial charge is 0.482 e. The molecule has 0 saturated heterocycles. The number of hydrogen-bond donors (Lipinski definition) is 2. The van der Waals surface area contributed by atoms with Crippen LogP contribution in [-0.2, 0) is 14.8 Å². The molecule has 1 unspecified atom stereocenters. The molecule has 3 aromatic carbocycles. The molecule has 6 nitrogen and oxygen atoms in total. The maximum absolute atomic E-state index is 12.6. The normalized spacial score (nSPS) is 12.1. The van der Waals surface area contributed by atoms with E-state index in [1.807, 2.05) is 37.4 Å². The van der Waals surface area contributed by atoms with Crippen molar-refractivity contribution in [3.8, 4) is 5.75 Å². The number of hydrogen-bond acceptors (Lipinski definition) is 5. The first kappa shape index (κ1) is 24.0. The van der Waals surface area contributed by atoms with E-state index in [4.69, 9.17) is 16.3 Å². The molecule has 1 amide bonds. The Morgan fingerprint density at radius 3 is 2.38 bits per heavy atom. The minimum atomic E-state index is -3.81. The number of halogens is 1. The van der Waals surface area contributed by atoms with Crippen molar-refractivity contribution >= 4 is 45.0 Å². The number of para-hydroxylation sites is 1. The van der Waals surface area contributed by atoms with Crippen LogP contribution in [-0.4, -0.2) is 27.2 Å². The highest BCUT2D eigenvalue weighted by molar-refractivity contribution is 7.98. The Morgan fingerprint density at radius 1 is 1.06 bits per heavy atom. The van der Waals surface area contributed by atoms with Gasteiger partial charge in [-0.15, -0.1) is 11.8 Å². The molecule has 9 heteroatoms.